The van der Waals surface area contributed by atoms with E-state index in [0.717, 1.165) is 0 Å². The fourth-order valence-electron chi connectivity index (χ4n) is 3.27. The second-order valence-electron chi connectivity index (χ2n) is 7.41. The van der Waals surface area contributed by atoms with Crippen molar-refractivity contribution in [1.29, 1.82) is 0 Å². The van der Waals surface area contributed by atoms with E-state index in [0.29, 0.717) is 11.1 Å². The zero-order chi connectivity index (χ0) is 25.7. The van der Waals surface area contributed by atoms with Gasteiger partial charge in [-0.25, -0.2) is 9.59 Å². The van der Waals surface area contributed by atoms with Crippen molar-refractivity contribution < 1.29 is 28.9 Å². The molecule has 0 aliphatic carbocycles. The van der Waals surface area contributed by atoms with Crippen molar-refractivity contribution in [2.45, 2.75) is 0 Å². The number of ether oxygens (including phenoxy) is 2. The standard InChI is InChI=1S/C26H16N2O8/c29-25(18-6-10-20(11-7-18)27(31)32)35-22-14-15-24(23(16-22)17-4-2-1-3-5-17)36-26(30)19-8-12-21(13-9-19)28(33)34/h1-16H. The molecule has 0 aromatic heterocycles. The molecule has 0 heterocycles. The van der Waals surface area contributed by atoms with E-state index in [-0.39, 0.29) is 34.0 Å². The van der Waals surface area contributed by atoms with Gasteiger partial charge in [-0.05, 0) is 48.0 Å². The molecule has 4 aromatic carbocycles. The van der Waals surface area contributed by atoms with Gasteiger partial charge in [-0.1, -0.05) is 30.3 Å². The zero-order valence-electron chi connectivity index (χ0n) is 18.4. The first-order valence-corrected chi connectivity index (χ1v) is 10.4. The van der Waals surface area contributed by atoms with Gasteiger partial charge in [0.2, 0.25) is 0 Å². The summed E-state index contributed by atoms with van der Waals surface area (Å²) in [5.74, 6) is -1.11. The highest BCUT2D eigenvalue weighted by atomic mass is 16.6. The molecule has 0 spiro atoms. The molecular weight excluding hydrogens is 468 g/mol. The third-order valence-corrected chi connectivity index (χ3v) is 5.08. The minimum atomic E-state index is -0.724. The zero-order valence-corrected chi connectivity index (χ0v) is 18.4. The SMILES string of the molecule is O=C(Oc1ccc(OC(=O)c2ccc([N+](=O)[O-])cc2)c(-c2ccccc2)c1)c1ccc([N+](=O)[O-])cc1. The molecule has 0 bridgehead atoms. The van der Waals surface area contributed by atoms with Crippen LogP contribution in [0.2, 0.25) is 0 Å². The van der Waals surface area contributed by atoms with Crippen molar-refractivity contribution in [2.75, 3.05) is 0 Å². The lowest BCUT2D eigenvalue weighted by molar-refractivity contribution is -0.385. The molecule has 0 saturated heterocycles. The smallest absolute Gasteiger partial charge is 0.343 e. The van der Waals surface area contributed by atoms with Gasteiger partial charge in [0.05, 0.1) is 21.0 Å². The number of esters is 2. The lowest BCUT2D eigenvalue weighted by atomic mass is 10.0. The molecule has 0 N–H and O–H groups in total. The fraction of sp³-hybridized carbons (Fsp3) is 0. The van der Waals surface area contributed by atoms with Crippen molar-refractivity contribution in [2.24, 2.45) is 0 Å². The van der Waals surface area contributed by atoms with Gasteiger partial charge >= 0.3 is 11.9 Å². The number of non-ortho nitro benzene ring substituents is 2. The van der Waals surface area contributed by atoms with E-state index in [1.54, 1.807) is 24.3 Å². The van der Waals surface area contributed by atoms with Crippen LogP contribution in [0.5, 0.6) is 11.5 Å². The quantitative estimate of drug-likeness (QED) is 0.143. The van der Waals surface area contributed by atoms with E-state index in [1.807, 2.05) is 6.07 Å². The van der Waals surface area contributed by atoms with Crippen LogP contribution in [0.15, 0.2) is 97.1 Å². The Morgan fingerprint density at radius 3 is 1.61 bits per heavy atom. The number of nitrogens with zero attached hydrogens (tertiary/aromatic N) is 2. The number of nitro benzene ring substituents is 2. The summed E-state index contributed by atoms with van der Waals surface area (Å²) >= 11 is 0. The van der Waals surface area contributed by atoms with E-state index in [9.17, 15) is 29.8 Å². The normalized spacial score (nSPS) is 10.3. The van der Waals surface area contributed by atoms with Gasteiger partial charge in [-0.3, -0.25) is 20.2 Å². The molecule has 0 fully saturated rings. The van der Waals surface area contributed by atoms with Gasteiger partial charge in [-0.15, -0.1) is 0 Å². The average Bonchev–Trinajstić information content (AvgIpc) is 2.90. The number of carbonyl (C=O) groups is 2. The molecule has 0 unspecified atom stereocenters. The first-order chi connectivity index (χ1) is 17.3. The Morgan fingerprint density at radius 2 is 1.11 bits per heavy atom. The van der Waals surface area contributed by atoms with Crippen LogP contribution in [0.3, 0.4) is 0 Å². The van der Waals surface area contributed by atoms with E-state index >= 15 is 0 Å². The molecule has 0 saturated carbocycles. The number of rotatable bonds is 7. The molecule has 10 heteroatoms. The van der Waals surface area contributed by atoms with Gasteiger partial charge in [0, 0.05) is 29.8 Å². The number of hydrogen-bond donors (Lipinski definition) is 0. The van der Waals surface area contributed by atoms with Crippen LogP contribution < -0.4 is 9.47 Å². The number of nitro groups is 2. The van der Waals surface area contributed by atoms with Crippen LogP contribution in [0.25, 0.3) is 11.1 Å². The lowest BCUT2D eigenvalue weighted by Gasteiger charge is -2.13. The van der Waals surface area contributed by atoms with Gasteiger partial charge in [0.25, 0.3) is 11.4 Å². The largest absolute Gasteiger partial charge is 0.423 e. The summed E-state index contributed by atoms with van der Waals surface area (Å²) in [5.41, 5.74) is 1.06. The molecular formula is C26H16N2O8. The molecule has 4 rings (SSSR count). The Morgan fingerprint density at radius 1 is 0.611 bits per heavy atom. The number of benzene rings is 4. The molecule has 0 radical (unpaired) electrons. The van der Waals surface area contributed by atoms with Gasteiger partial charge in [0.15, 0.2) is 0 Å². The monoisotopic (exact) mass is 484 g/mol. The first kappa shape index (κ1) is 23.8. The molecule has 0 atom stereocenters. The van der Waals surface area contributed by atoms with Gasteiger partial charge < -0.3 is 9.47 Å². The molecule has 36 heavy (non-hydrogen) atoms. The third-order valence-electron chi connectivity index (χ3n) is 5.08. The highest BCUT2D eigenvalue weighted by Gasteiger charge is 2.17. The molecule has 0 aliphatic heterocycles. The second kappa shape index (κ2) is 10.3. The molecule has 0 amide bonds. The molecule has 0 aliphatic rings. The van der Waals surface area contributed by atoms with Gasteiger partial charge in [-0.2, -0.15) is 0 Å². The maximum absolute atomic E-state index is 12.7. The van der Waals surface area contributed by atoms with E-state index < -0.39 is 21.8 Å². The Labute approximate surface area is 203 Å². The minimum Gasteiger partial charge on any atom is -0.423 e. The van der Waals surface area contributed by atoms with Crippen LogP contribution in [0, 0.1) is 20.2 Å². The van der Waals surface area contributed by atoms with Crippen molar-refractivity contribution in [3.05, 3.63) is 128 Å². The van der Waals surface area contributed by atoms with Crippen molar-refractivity contribution >= 4 is 23.3 Å². The summed E-state index contributed by atoms with van der Waals surface area (Å²) in [7, 11) is 0. The first-order valence-electron chi connectivity index (χ1n) is 10.4. The third kappa shape index (κ3) is 5.39. The van der Waals surface area contributed by atoms with Crippen LogP contribution in [0.4, 0.5) is 11.4 Å². The maximum Gasteiger partial charge on any atom is 0.343 e. The Hall–Kier alpha value is -5.38. The summed E-state index contributed by atoms with van der Waals surface area (Å²) in [6.45, 7) is 0. The van der Waals surface area contributed by atoms with Crippen molar-refractivity contribution in [3.63, 3.8) is 0 Å². The van der Waals surface area contributed by atoms with Crippen LogP contribution >= 0.6 is 0 Å². The molecule has 178 valence electrons. The van der Waals surface area contributed by atoms with Crippen LogP contribution in [0.1, 0.15) is 20.7 Å². The van der Waals surface area contributed by atoms with E-state index in [4.69, 9.17) is 9.47 Å². The Balaban J connectivity index is 1.60. The fourth-order valence-corrected chi connectivity index (χ4v) is 3.27. The Bertz CT molecular complexity index is 1450. The van der Waals surface area contributed by atoms with Gasteiger partial charge in [0.1, 0.15) is 11.5 Å². The highest BCUT2D eigenvalue weighted by Crippen LogP contribution is 2.34. The topological polar surface area (TPSA) is 139 Å². The Kier molecular flexibility index (Phi) is 6.78. The predicted molar refractivity (Wildman–Crippen MR) is 128 cm³/mol. The summed E-state index contributed by atoms with van der Waals surface area (Å²) in [4.78, 5) is 45.7. The van der Waals surface area contributed by atoms with Crippen molar-refractivity contribution in [3.8, 4) is 22.6 Å². The summed E-state index contributed by atoms with van der Waals surface area (Å²) < 4.78 is 11.0. The number of hydrogen-bond acceptors (Lipinski definition) is 8. The van der Waals surface area contributed by atoms with Crippen LogP contribution in [-0.4, -0.2) is 21.8 Å². The summed E-state index contributed by atoms with van der Waals surface area (Å²) in [6.07, 6.45) is 0. The minimum absolute atomic E-state index is 0.119. The summed E-state index contributed by atoms with van der Waals surface area (Å²) in [5, 5.41) is 21.7. The van der Waals surface area contributed by atoms with E-state index in [1.165, 1.54) is 66.7 Å². The van der Waals surface area contributed by atoms with Crippen molar-refractivity contribution in [1.82, 2.24) is 0 Å². The average molecular weight is 484 g/mol. The molecule has 10 nitrogen and oxygen atoms in total. The van der Waals surface area contributed by atoms with E-state index in [2.05, 4.69) is 0 Å². The van der Waals surface area contributed by atoms with Crippen LogP contribution in [-0.2, 0) is 0 Å². The maximum atomic E-state index is 12.7. The second-order valence-corrected chi connectivity index (χ2v) is 7.41. The number of carbonyl (C=O) groups excluding carboxylic acids is 2. The highest BCUT2D eigenvalue weighted by molar-refractivity contribution is 5.93. The predicted octanol–water partition coefficient (Wildman–Crippen LogP) is 5.61. The lowest BCUT2D eigenvalue weighted by Crippen LogP contribution is -2.10. The molecule has 4 aromatic rings. The summed E-state index contributed by atoms with van der Waals surface area (Å²) in [6, 6.07) is 23.3.